The van der Waals surface area contributed by atoms with Crippen molar-refractivity contribution in [3.05, 3.63) is 41.7 Å². The Labute approximate surface area is 106 Å². The molecular weight excluding hydrogens is 228 g/mol. The van der Waals surface area contributed by atoms with Crippen LogP contribution in [0.4, 0.5) is 0 Å². The molecule has 94 valence electrons. The number of Topliss-reactive ketones (excluding diaryl/α,β-unsaturated/α-hetero) is 1. The van der Waals surface area contributed by atoms with Crippen LogP contribution >= 0.6 is 0 Å². The van der Waals surface area contributed by atoms with E-state index in [1.165, 1.54) is 6.42 Å². The molecule has 3 nitrogen and oxygen atoms in total. The lowest BCUT2D eigenvalue weighted by molar-refractivity contribution is 0.0469. The number of ether oxygens (including phenoxy) is 1. The van der Waals surface area contributed by atoms with Crippen molar-refractivity contribution in [2.24, 2.45) is 0 Å². The van der Waals surface area contributed by atoms with Crippen LogP contribution in [0.25, 0.3) is 0 Å². The van der Waals surface area contributed by atoms with Crippen molar-refractivity contribution in [1.29, 1.82) is 0 Å². The fraction of sp³-hybridized carbons (Fsp3) is 0.400. The Kier molecular flexibility index (Phi) is 2.62. The molecule has 0 aromatic heterocycles. The van der Waals surface area contributed by atoms with Crippen molar-refractivity contribution < 1.29 is 14.6 Å². The number of carbonyl (C=O) groups excluding carboxylic acids is 1. The van der Waals surface area contributed by atoms with Crippen molar-refractivity contribution in [2.75, 3.05) is 0 Å². The molecule has 1 aromatic rings. The van der Waals surface area contributed by atoms with E-state index in [0.717, 1.165) is 31.9 Å². The summed E-state index contributed by atoms with van der Waals surface area (Å²) >= 11 is 0. The molecule has 0 radical (unpaired) electrons. The highest BCUT2D eigenvalue weighted by Gasteiger charge is 2.46. The number of hydrogen-bond acceptors (Lipinski definition) is 3. The minimum Gasteiger partial charge on any atom is -0.515 e. The van der Waals surface area contributed by atoms with Crippen LogP contribution < -0.4 is 4.74 Å². The zero-order valence-corrected chi connectivity index (χ0v) is 10.2. The summed E-state index contributed by atoms with van der Waals surface area (Å²) < 4.78 is 6.09. The van der Waals surface area contributed by atoms with Crippen molar-refractivity contribution >= 4 is 5.78 Å². The molecule has 1 aliphatic heterocycles. The molecular formula is C15H16O3. The highest BCUT2D eigenvalue weighted by molar-refractivity contribution is 6.12. The van der Waals surface area contributed by atoms with Crippen molar-refractivity contribution in [3.8, 4) is 5.75 Å². The van der Waals surface area contributed by atoms with Crippen LogP contribution in [0, 0.1) is 0 Å². The summed E-state index contributed by atoms with van der Waals surface area (Å²) in [6, 6.07) is 7.26. The summed E-state index contributed by atoms with van der Waals surface area (Å²) in [4.78, 5) is 12.4. The second-order valence-electron chi connectivity index (χ2n) is 5.03. The maximum Gasteiger partial charge on any atom is 0.199 e. The van der Waals surface area contributed by atoms with E-state index < -0.39 is 5.60 Å². The second-order valence-corrected chi connectivity index (χ2v) is 5.03. The minimum atomic E-state index is -0.599. The van der Waals surface area contributed by atoms with E-state index in [0.29, 0.717) is 16.9 Å². The van der Waals surface area contributed by atoms with Gasteiger partial charge in [-0.1, -0.05) is 18.6 Å². The third-order valence-electron chi connectivity index (χ3n) is 3.96. The highest BCUT2D eigenvalue weighted by Crippen LogP contribution is 2.44. The molecule has 1 N–H and O–H groups in total. The summed E-state index contributed by atoms with van der Waals surface area (Å²) in [5.41, 5.74) is 0.369. The van der Waals surface area contributed by atoms with Crippen LogP contribution in [-0.4, -0.2) is 16.5 Å². The lowest BCUT2D eigenvalue weighted by Gasteiger charge is -2.41. The number of fused-ring (bicyclic) bond motifs is 1. The zero-order valence-electron chi connectivity index (χ0n) is 10.2. The Hall–Kier alpha value is -1.77. The molecule has 18 heavy (non-hydrogen) atoms. The van der Waals surface area contributed by atoms with E-state index in [-0.39, 0.29) is 5.78 Å². The van der Waals surface area contributed by atoms with Gasteiger partial charge in [0.25, 0.3) is 0 Å². The van der Waals surface area contributed by atoms with Crippen molar-refractivity contribution in [3.63, 3.8) is 0 Å². The number of aliphatic hydroxyl groups excluding tert-OH is 1. The smallest absolute Gasteiger partial charge is 0.199 e. The SMILES string of the molecule is O=C1/C(=C/O)C2(CCCCC2)Oc2ccccc21. The first kappa shape index (κ1) is 11.3. The maximum absolute atomic E-state index is 12.4. The summed E-state index contributed by atoms with van der Waals surface area (Å²) in [5, 5.41) is 9.44. The third kappa shape index (κ3) is 1.54. The van der Waals surface area contributed by atoms with E-state index in [2.05, 4.69) is 0 Å². The molecule has 1 aromatic carbocycles. The van der Waals surface area contributed by atoms with Crippen LogP contribution in [0.3, 0.4) is 0 Å². The molecule has 0 saturated heterocycles. The predicted octanol–water partition coefficient (Wildman–Crippen LogP) is 3.41. The van der Waals surface area contributed by atoms with E-state index >= 15 is 0 Å². The van der Waals surface area contributed by atoms with Gasteiger partial charge >= 0.3 is 0 Å². The molecule has 3 rings (SSSR count). The Bertz CT molecular complexity index is 510. The number of ketones is 1. The number of hydrogen-bond donors (Lipinski definition) is 1. The fourth-order valence-corrected chi connectivity index (χ4v) is 3.03. The molecule has 1 spiro atoms. The minimum absolute atomic E-state index is 0.0961. The van der Waals surface area contributed by atoms with Crippen LogP contribution in [0.1, 0.15) is 42.5 Å². The largest absolute Gasteiger partial charge is 0.515 e. The summed E-state index contributed by atoms with van der Waals surface area (Å²) in [6.45, 7) is 0. The Morgan fingerprint density at radius 1 is 1.17 bits per heavy atom. The first-order chi connectivity index (χ1) is 8.77. The van der Waals surface area contributed by atoms with Crippen LogP contribution in [0.5, 0.6) is 5.75 Å². The van der Waals surface area contributed by atoms with E-state index in [1.807, 2.05) is 18.2 Å². The Balaban J connectivity index is 2.11. The number of para-hydroxylation sites is 1. The van der Waals surface area contributed by atoms with Crippen LogP contribution in [0.15, 0.2) is 36.1 Å². The zero-order chi connectivity index (χ0) is 12.6. The van der Waals surface area contributed by atoms with Crippen molar-refractivity contribution in [2.45, 2.75) is 37.7 Å². The molecule has 2 aliphatic rings. The topological polar surface area (TPSA) is 46.5 Å². The van der Waals surface area contributed by atoms with E-state index in [4.69, 9.17) is 4.74 Å². The van der Waals surface area contributed by atoms with Gasteiger partial charge in [-0.15, -0.1) is 0 Å². The van der Waals surface area contributed by atoms with Gasteiger partial charge in [0.05, 0.1) is 17.4 Å². The van der Waals surface area contributed by atoms with Crippen LogP contribution in [0.2, 0.25) is 0 Å². The van der Waals surface area contributed by atoms with Gasteiger partial charge in [-0.3, -0.25) is 4.79 Å². The second kappa shape index (κ2) is 4.16. The number of benzene rings is 1. The van der Waals surface area contributed by atoms with Gasteiger partial charge in [0, 0.05) is 0 Å². The van der Waals surface area contributed by atoms with Crippen LogP contribution in [-0.2, 0) is 0 Å². The number of rotatable bonds is 0. The molecule has 1 heterocycles. The first-order valence-electron chi connectivity index (χ1n) is 6.44. The van der Waals surface area contributed by atoms with Crippen molar-refractivity contribution in [1.82, 2.24) is 0 Å². The molecule has 0 bridgehead atoms. The van der Waals surface area contributed by atoms with Gasteiger partial charge in [0.15, 0.2) is 5.78 Å². The molecule has 1 saturated carbocycles. The lowest BCUT2D eigenvalue weighted by atomic mass is 9.75. The predicted molar refractivity (Wildman–Crippen MR) is 67.9 cm³/mol. The summed E-state index contributed by atoms with van der Waals surface area (Å²) in [5.74, 6) is 0.552. The maximum atomic E-state index is 12.4. The standard InChI is InChI=1S/C15H16O3/c16-10-12-14(17)11-6-2-3-7-13(11)18-15(12)8-4-1-5-9-15/h2-3,6-7,10,16H,1,4-5,8-9H2/b12-10-. The van der Waals surface area contributed by atoms with Gasteiger partial charge < -0.3 is 9.84 Å². The quantitative estimate of drug-likeness (QED) is 0.562. The molecule has 1 aliphatic carbocycles. The molecule has 0 atom stereocenters. The average molecular weight is 244 g/mol. The number of carbonyl (C=O) groups is 1. The lowest BCUT2D eigenvalue weighted by Crippen LogP contribution is -2.46. The monoisotopic (exact) mass is 244 g/mol. The third-order valence-corrected chi connectivity index (χ3v) is 3.96. The molecule has 0 unspecified atom stereocenters. The molecule has 3 heteroatoms. The summed E-state index contributed by atoms with van der Waals surface area (Å²) in [6.07, 6.45) is 5.79. The number of aliphatic hydroxyl groups is 1. The van der Waals surface area contributed by atoms with Gasteiger partial charge in [-0.25, -0.2) is 0 Å². The van der Waals surface area contributed by atoms with Gasteiger partial charge in [0.1, 0.15) is 11.4 Å². The van der Waals surface area contributed by atoms with E-state index in [1.54, 1.807) is 6.07 Å². The van der Waals surface area contributed by atoms with Gasteiger partial charge in [-0.2, -0.15) is 0 Å². The molecule has 0 amide bonds. The molecule has 1 fully saturated rings. The summed E-state index contributed by atoms with van der Waals surface area (Å²) in [7, 11) is 0. The fourth-order valence-electron chi connectivity index (χ4n) is 3.03. The van der Waals surface area contributed by atoms with E-state index in [9.17, 15) is 9.90 Å². The Morgan fingerprint density at radius 2 is 1.89 bits per heavy atom. The van der Waals surface area contributed by atoms with Gasteiger partial charge in [0.2, 0.25) is 0 Å². The van der Waals surface area contributed by atoms with Gasteiger partial charge in [-0.05, 0) is 37.8 Å². The highest BCUT2D eigenvalue weighted by atomic mass is 16.5. The Morgan fingerprint density at radius 3 is 2.61 bits per heavy atom. The average Bonchev–Trinajstić information content (AvgIpc) is 2.40. The normalized spacial score (nSPS) is 23.8. The first-order valence-corrected chi connectivity index (χ1v) is 6.44.